The van der Waals surface area contributed by atoms with Crippen LogP contribution in [0.4, 0.5) is 0 Å². The Balaban J connectivity index is 2.39. The summed E-state index contributed by atoms with van der Waals surface area (Å²) in [4.78, 5) is 4.01. The van der Waals surface area contributed by atoms with Crippen molar-refractivity contribution in [2.45, 2.75) is 12.1 Å². The molecule has 11 heavy (non-hydrogen) atoms. The number of hydrogen-bond donors (Lipinski definition) is 1. The number of nitrogens with zero attached hydrogens (tertiary/aromatic N) is 1. The van der Waals surface area contributed by atoms with E-state index in [9.17, 15) is 0 Å². The van der Waals surface area contributed by atoms with Crippen LogP contribution in [0, 0.1) is 0 Å². The van der Waals surface area contributed by atoms with Gasteiger partial charge in [0, 0.05) is 24.5 Å². The summed E-state index contributed by atoms with van der Waals surface area (Å²) in [5.41, 5.74) is 1.58. The number of aromatic nitrogens is 1. The van der Waals surface area contributed by atoms with Crippen molar-refractivity contribution in [2.75, 3.05) is 0 Å². The summed E-state index contributed by atoms with van der Waals surface area (Å²) in [6.45, 7) is 0.867. The lowest BCUT2D eigenvalue weighted by atomic mass is 10.3. The Morgan fingerprint density at radius 1 is 1.55 bits per heavy atom. The third-order valence-electron chi connectivity index (χ3n) is 1.26. The van der Waals surface area contributed by atoms with Gasteiger partial charge in [-0.05, 0) is 11.6 Å². The molecular weight excluding hydrogens is 174 g/mol. The minimum Gasteiger partial charge on any atom is -0.303 e. The number of pyridine rings is 1. The fraction of sp³-hybridized carbons (Fsp3) is 0.286. The van der Waals surface area contributed by atoms with Gasteiger partial charge in [0.15, 0.2) is 0 Å². The van der Waals surface area contributed by atoms with Crippen LogP contribution in [-0.2, 0) is 6.54 Å². The highest BCUT2D eigenvalue weighted by Crippen LogP contribution is 2.05. The molecule has 0 bridgehead atoms. The van der Waals surface area contributed by atoms with Crippen LogP contribution in [0.5, 0.6) is 0 Å². The van der Waals surface area contributed by atoms with Gasteiger partial charge in [0.1, 0.15) is 0 Å². The highest BCUT2D eigenvalue weighted by atomic mass is 31.1. The lowest BCUT2D eigenvalue weighted by Crippen LogP contribution is -2.16. The first-order chi connectivity index (χ1) is 5.29. The molecule has 4 heteroatoms. The third-order valence-corrected chi connectivity index (χ3v) is 1.74. The second-order valence-electron chi connectivity index (χ2n) is 2.27. The van der Waals surface area contributed by atoms with Gasteiger partial charge >= 0.3 is 0 Å². The molecule has 0 aliphatic rings. The van der Waals surface area contributed by atoms with Crippen LogP contribution in [0.2, 0.25) is 0 Å². The van der Waals surface area contributed by atoms with Crippen molar-refractivity contribution in [3.8, 4) is 0 Å². The van der Waals surface area contributed by atoms with Crippen molar-refractivity contribution >= 4 is 18.5 Å². The Bertz CT molecular complexity index is 201. The molecule has 2 nitrogen and oxygen atoms in total. The molecule has 2 unspecified atom stereocenters. The molecule has 2 atom stereocenters. The van der Waals surface area contributed by atoms with Gasteiger partial charge in [-0.3, -0.25) is 4.98 Å². The van der Waals surface area contributed by atoms with Gasteiger partial charge in [0.25, 0.3) is 0 Å². The lowest BCUT2D eigenvalue weighted by Gasteiger charge is -2.06. The van der Waals surface area contributed by atoms with Crippen LogP contribution in [0.1, 0.15) is 5.56 Å². The second-order valence-corrected chi connectivity index (χ2v) is 4.47. The number of hydrogen-bond acceptors (Lipinski definition) is 2. The first kappa shape index (κ1) is 9.06. The van der Waals surface area contributed by atoms with Crippen molar-refractivity contribution in [1.82, 2.24) is 10.3 Å². The van der Waals surface area contributed by atoms with Crippen LogP contribution < -0.4 is 5.32 Å². The molecule has 1 rings (SSSR count). The van der Waals surface area contributed by atoms with Crippen molar-refractivity contribution < 1.29 is 0 Å². The molecule has 0 saturated carbocycles. The average Bonchev–Trinajstić information content (AvgIpc) is 2.03. The molecule has 1 aromatic rings. The topological polar surface area (TPSA) is 24.9 Å². The first-order valence-electron chi connectivity index (χ1n) is 3.42. The molecule has 0 amide bonds. The van der Waals surface area contributed by atoms with Crippen molar-refractivity contribution in [1.29, 1.82) is 0 Å². The van der Waals surface area contributed by atoms with Crippen LogP contribution >= 0.6 is 18.5 Å². The zero-order valence-electron chi connectivity index (χ0n) is 6.20. The van der Waals surface area contributed by atoms with E-state index in [1.165, 1.54) is 5.56 Å². The van der Waals surface area contributed by atoms with Gasteiger partial charge in [-0.2, -0.15) is 0 Å². The summed E-state index contributed by atoms with van der Waals surface area (Å²) >= 11 is 0. The van der Waals surface area contributed by atoms with E-state index in [0.29, 0.717) is 5.52 Å². The van der Waals surface area contributed by atoms with Crippen molar-refractivity contribution in [3.05, 3.63) is 30.1 Å². The van der Waals surface area contributed by atoms with Gasteiger partial charge < -0.3 is 5.32 Å². The molecule has 1 N–H and O–H groups in total. The van der Waals surface area contributed by atoms with E-state index in [1.807, 2.05) is 12.3 Å². The third kappa shape index (κ3) is 3.76. The van der Waals surface area contributed by atoms with Crippen LogP contribution in [-0.4, -0.2) is 10.5 Å². The molecule has 0 spiro atoms. The van der Waals surface area contributed by atoms with Crippen LogP contribution in [0.15, 0.2) is 24.5 Å². The maximum Gasteiger partial charge on any atom is 0.0354 e. The molecule has 0 aromatic carbocycles. The summed E-state index contributed by atoms with van der Waals surface area (Å²) in [5, 5.41) is 3.25. The fourth-order valence-corrected chi connectivity index (χ4v) is 0.974. The minimum atomic E-state index is 0.371. The standard InChI is InChI=1S/C7H12N2P2/c10-7(11)9-5-6-2-1-3-8-4-6/h1-4,7,9H,5,10-11H2. The summed E-state index contributed by atoms with van der Waals surface area (Å²) in [7, 11) is 5.32. The highest BCUT2D eigenvalue weighted by molar-refractivity contribution is 7.37. The Kier molecular flexibility index (Phi) is 3.93. The summed E-state index contributed by atoms with van der Waals surface area (Å²) in [5.74, 6) is 0. The predicted molar refractivity (Wildman–Crippen MR) is 54.3 cm³/mol. The van der Waals surface area contributed by atoms with E-state index < -0.39 is 0 Å². The molecule has 0 radical (unpaired) electrons. The highest BCUT2D eigenvalue weighted by Gasteiger charge is 1.92. The van der Waals surface area contributed by atoms with Gasteiger partial charge in [0.05, 0.1) is 0 Å². The Hall–Kier alpha value is -0.0300. The quantitative estimate of drug-likeness (QED) is 0.717. The fourth-order valence-electron chi connectivity index (χ4n) is 0.738. The summed E-state index contributed by atoms with van der Waals surface area (Å²) in [6, 6.07) is 4.00. The van der Waals surface area contributed by atoms with Crippen LogP contribution in [0.25, 0.3) is 0 Å². The minimum absolute atomic E-state index is 0.371. The van der Waals surface area contributed by atoms with Gasteiger partial charge in [-0.15, -0.1) is 18.5 Å². The van der Waals surface area contributed by atoms with E-state index >= 15 is 0 Å². The maximum absolute atomic E-state index is 4.01. The number of nitrogens with one attached hydrogen (secondary N) is 1. The monoisotopic (exact) mass is 186 g/mol. The van der Waals surface area contributed by atoms with E-state index in [-0.39, 0.29) is 0 Å². The lowest BCUT2D eigenvalue weighted by molar-refractivity contribution is 0.764. The van der Waals surface area contributed by atoms with Crippen LogP contribution in [0.3, 0.4) is 0 Å². The summed E-state index contributed by atoms with van der Waals surface area (Å²) in [6.07, 6.45) is 3.65. The molecule has 1 heterocycles. The zero-order valence-corrected chi connectivity index (χ0v) is 8.51. The van der Waals surface area contributed by atoms with Gasteiger partial charge in [-0.25, -0.2) is 0 Å². The average molecular weight is 186 g/mol. The smallest absolute Gasteiger partial charge is 0.0354 e. The molecular formula is C7H12N2P2. The SMILES string of the molecule is PC(P)NCc1cccnc1. The normalized spacial score (nSPS) is 10.5. The maximum atomic E-state index is 4.01. The molecule has 1 aromatic heterocycles. The summed E-state index contributed by atoms with van der Waals surface area (Å²) < 4.78 is 0. The first-order valence-corrected chi connectivity index (χ1v) is 4.76. The van der Waals surface area contributed by atoms with Gasteiger partial charge in [-0.1, -0.05) is 6.07 Å². The molecule has 60 valence electrons. The molecule has 0 fully saturated rings. The van der Waals surface area contributed by atoms with Gasteiger partial charge in [0.2, 0.25) is 0 Å². The Labute approximate surface area is 71.6 Å². The van der Waals surface area contributed by atoms with E-state index in [4.69, 9.17) is 0 Å². The van der Waals surface area contributed by atoms with Crippen molar-refractivity contribution in [3.63, 3.8) is 0 Å². The molecule has 0 aliphatic heterocycles. The number of rotatable bonds is 3. The van der Waals surface area contributed by atoms with E-state index in [1.54, 1.807) is 6.20 Å². The largest absolute Gasteiger partial charge is 0.303 e. The van der Waals surface area contributed by atoms with E-state index in [2.05, 4.69) is 34.8 Å². The molecule has 0 saturated heterocycles. The van der Waals surface area contributed by atoms with E-state index in [0.717, 1.165) is 6.54 Å². The predicted octanol–water partition coefficient (Wildman–Crippen LogP) is 1.20. The Morgan fingerprint density at radius 2 is 2.36 bits per heavy atom. The molecule has 0 aliphatic carbocycles. The second kappa shape index (κ2) is 4.77. The Morgan fingerprint density at radius 3 is 2.91 bits per heavy atom. The zero-order chi connectivity index (χ0) is 8.10. The van der Waals surface area contributed by atoms with Crippen molar-refractivity contribution in [2.24, 2.45) is 0 Å².